The van der Waals surface area contributed by atoms with Crippen LogP contribution in [0.2, 0.25) is 0 Å². The van der Waals surface area contributed by atoms with Crippen molar-refractivity contribution in [3.63, 3.8) is 0 Å². The lowest BCUT2D eigenvalue weighted by Gasteiger charge is -2.19. The van der Waals surface area contributed by atoms with Crippen LogP contribution in [0.15, 0.2) is 35.5 Å². The number of aromatic nitrogens is 2. The molecule has 0 saturated heterocycles. The molecule has 2 aromatic rings. The molecule has 10 heteroatoms. The Balaban J connectivity index is 1.97. The number of hydrogen-bond donors (Lipinski definition) is 5. The van der Waals surface area contributed by atoms with E-state index in [2.05, 4.69) is 53.2 Å². The number of carbonyl (C=O) groups excluding carboxylic acids is 2. The zero-order chi connectivity index (χ0) is 24.6. The molecule has 2 rings (SSSR count). The van der Waals surface area contributed by atoms with Crippen molar-refractivity contribution in [2.45, 2.75) is 57.5 Å². The molecule has 0 radical (unpaired) electrons. The monoisotopic (exact) mass is 457 g/mol. The van der Waals surface area contributed by atoms with Crippen molar-refractivity contribution in [3.05, 3.63) is 41.7 Å². The minimum absolute atomic E-state index is 0.0280. The number of rotatable bonds is 10. The smallest absolute Gasteiger partial charge is 0.328 e. The fourth-order valence-electron chi connectivity index (χ4n) is 3.24. The minimum Gasteiger partial charge on any atom is -0.467 e. The molecule has 2 atom stereocenters. The Morgan fingerprint density at radius 3 is 2.45 bits per heavy atom. The van der Waals surface area contributed by atoms with Gasteiger partial charge in [0, 0.05) is 30.4 Å². The number of nitrogens with one attached hydrogen (secondary N) is 2. The second kappa shape index (κ2) is 11.5. The lowest BCUT2D eigenvalue weighted by Crippen LogP contribution is -2.49. The van der Waals surface area contributed by atoms with Crippen molar-refractivity contribution in [1.82, 2.24) is 15.3 Å². The Kier molecular flexibility index (Phi) is 8.98. The van der Waals surface area contributed by atoms with Crippen LogP contribution in [-0.2, 0) is 26.2 Å². The summed E-state index contributed by atoms with van der Waals surface area (Å²) in [6.07, 6.45) is 2.71. The summed E-state index contributed by atoms with van der Waals surface area (Å²) in [7, 11) is 1.26. The van der Waals surface area contributed by atoms with Gasteiger partial charge in [0.25, 0.3) is 0 Å². The average Bonchev–Trinajstić information content (AvgIpc) is 3.22. The van der Waals surface area contributed by atoms with Crippen LogP contribution in [0.5, 0.6) is 0 Å². The van der Waals surface area contributed by atoms with Gasteiger partial charge in [0.1, 0.15) is 11.9 Å². The first-order valence-corrected chi connectivity index (χ1v) is 10.8. The molecule has 0 unspecified atom stereocenters. The molecule has 10 nitrogen and oxygen atoms in total. The molecule has 1 aromatic carbocycles. The molecule has 1 aromatic heterocycles. The quantitative estimate of drug-likeness (QED) is 0.153. The maximum absolute atomic E-state index is 12.6. The van der Waals surface area contributed by atoms with E-state index in [-0.39, 0.29) is 17.8 Å². The number of ether oxygens (including phenoxy) is 1. The van der Waals surface area contributed by atoms with Gasteiger partial charge >= 0.3 is 5.97 Å². The maximum atomic E-state index is 12.6. The van der Waals surface area contributed by atoms with E-state index in [0.717, 1.165) is 11.3 Å². The largest absolute Gasteiger partial charge is 0.467 e. The number of esters is 1. The van der Waals surface area contributed by atoms with Gasteiger partial charge in [-0.05, 0) is 23.8 Å². The number of nitrogens with zero attached hydrogens (tertiary/aromatic N) is 2. The molecule has 1 heterocycles. The van der Waals surface area contributed by atoms with Gasteiger partial charge in [-0.2, -0.15) is 0 Å². The first-order chi connectivity index (χ1) is 15.5. The number of imidazole rings is 1. The second-order valence-electron chi connectivity index (χ2n) is 8.93. The van der Waals surface area contributed by atoms with Crippen LogP contribution in [0.4, 0.5) is 0 Å². The number of methoxy groups -OCH3 is 1. The Hall–Kier alpha value is -3.40. The molecular formula is C23H35N7O3. The average molecular weight is 458 g/mol. The van der Waals surface area contributed by atoms with Gasteiger partial charge in [0.2, 0.25) is 5.91 Å². The van der Waals surface area contributed by atoms with Crippen LogP contribution in [0.25, 0.3) is 11.4 Å². The number of amides is 1. The number of H-pyrrole nitrogens is 1. The van der Waals surface area contributed by atoms with Gasteiger partial charge in [-0.25, -0.2) is 9.78 Å². The molecule has 0 fully saturated rings. The van der Waals surface area contributed by atoms with E-state index < -0.39 is 24.0 Å². The van der Waals surface area contributed by atoms with Crippen LogP contribution in [-0.4, -0.2) is 53.5 Å². The molecule has 0 bridgehead atoms. The van der Waals surface area contributed by atoms with Crippen LogP contribution in [0, 0.1) is 0 Å². The van der Waals surface area contributed by atoms with Crippen molar-refractivity contribution in [2.75, 3.05) is 13.7 Å². The highest BCUT2D eigenvalue weighted by Gasteiger charge is 2.24. The Bertz CT molecular complexity index is 957. The van der Waals surface area contributed by atoms with E-state index >= 15 is 0 Å². The van der Waals surface area contributed by atoms with Crippen LogP contribution in [0.1, 0.15) is 44.9 Å². The van der Waals surface area contributed by atoms with Crippen molar-refractivity contribution >= 4 is 17.8 Å². The van der Waals surface area contributed by atoms with Crippen molar-refractivity contribution in [1.29, 1.82) is 0 Å². The summed E-state index contributed by atoms with van der Waals surface area (Å²) in [5, 5.41) is 2.65. The molecule has 0 aliphatic carbocycles. The highest BCUT2D eigenvalue weighted by Crippen LogP contribution is 2.25. The third kappa shape index (κ3) is 7.90. The number of aromatic amines is 1. The van der Waals surface area contributed by atoms with Gasteiger partial charge in [-0.1, -0.05) is 45.0 Å². The molecule has 1 amide bonds. The molecule has 180 valence electrons. The van der Waals surface area contributed by atoms with Gasteiger partial charge in [-0.15, -0.1) is 0 Å². The zero-order valence-electron chi connectivity index (χ0n) is 19.7. The van der Waals surface area contributed by atoms with Crippen molar-refractivity contribution < 1.29 is 14.3 Å². The highest BCUT2D eigenvalue weighted by molar-refractivity contribution is 5.87. The minimum atomic E-state index is -0.869. The number of benzene rings is 1. The number of aliphatic imine (C=N–C) groups is 1. The molecule has 8 N–H and O–H groups in total. The van der Waals surface area contributed by atoms with E-state index in [0.29, 0.717) is 25.2 Å². The topological polar surface area (TPSA) is 174 Å². The summed E-state index contributed by atoms with van der Waals surface area (Å²) >= 11 is 0. The van der Waals surface area contributed by atoms with Gasteiger partial charge in [0.05, 0.1) is 13.2 Å². The summed E-state index contributed by atoms with van der Waals surface area (Å²) in [6, 6.07) is 6.49. The number of carbonyl (C=O) groups is 2. The van der Waals surface area contributed by atoms with E-state index in [1.165, 1.54) is 12.7 Å². The number of nitrogens with two attached hydrogens (primary N) is 3. The SMILES string of the molecule is COC(=O)[C@H](CCCN=C(N)N)NC(=O)[C@@H](N)Cc1cnc(-c2ccc(C(C)(C)C)cc2)[nH]1. The molecule has 0 spiro atoms. The number of guanidine groups is 1. The summed E-state index contributed by atoms with van der Waals surface area (Å²) in [5.74, 6) is -0.342. The second-order valence-corrected chi connectivity index (χ2v) is 8.93. The van der Waals surface area contributed by atoms with E-state index in [4.69, 9.17) is 21.9 Å². The third-order valence-corrected chi connectivity index (χ3v) is 5.18. The molecule has 0 aliphatic rings. The lowest BCUT2D eigenvalue weighted by molar-refractivity contribution is -0.145. The van der Waals surface area contributed by atoms with Crippen molar-refractivity contribution in [3.8, 4) is 11.4 Å². The predicted molar refractivity (Wildman–Crippen MR) is 128 cm³/mol. The fraction of sp³-hybridized carbons (Fsp3) is 0.478. The van der Waals surface area contributed by atoms with Crippen molar-refractivity contribution in [2.24, 2.45) is 22.2 Å². The zero-order valence-corrected chi connectivity index (χ0v) is 19.7. The van der Waals surface area contributed by atoms with E-state index in [1.807, 2.05) is 12.1 Å². The van der Waals surface area contributed by atoms with Gasteiger partial charge < -0.3 is 32.2 Å². The highest BCUT2D eigenvalue weighted by atomic mass is 16.5. The number of hydrogen-bond acceptors (Lipinski definition) is 6. The van der Waals surface area contributed by atoms with Crippen LogP contribution >= 0.6 is 0 Å². The molecule has 33 heavy (non-hydrogen) atoms. The van der Waals surface area contributed by atoms with E-state index in [9.17, 15) is 9.59 Å². The standard InChI is InChI=1S/C23H35N7O3/c1-23(2,3)15-9-7-14(8-10-15)19-28-13-16(29-19)12-17(24)20(31)30-18(21(32)33-4)6-5-11-27-22(25)26/h7-10,13,17-18H,5-6,11-12,24H2,1-4H3,(H,28,29)(H,30,31)(H4,25,26,27)/t17-,18-/m0/s1. The summed E-state index contributed by atoms with van der Waals surface area (Å²) in [6.45, 7) is 6.82. The molecule has 0 saturated carbocycles. The van der Waals surface area contributed by atoms with Crippen LogP contribution in [0.3, 0.4) is 0 Å². The fourth-order valence-corrected chi connectivity index (χ4v) is 3.24. The Labute approximate surface area is 194 Å². The predicted octanol–water partition coefficient (Wildman–Crippen LogP) is 0.955. The van der Waals surface area contributed by atoms with Gasteiger partial charge in [-0.3, -0.25) is 9.79 Å². The van der Waals surface area contributed by atoms with Crippen LogP contribution < -0.4 is 22.5 Å². The summed E-state index contributed by atoms with van der Waals surface area (Å²) in [5.41, 5.74) is 19.6. The first-order valence-electron chi connectivity index (χ1n) is 10.8. The Morgan fingerprint density at radius 2 is 1.88 bits per heavy atom. The normalized spacial score (nSPS) is 13.1. The lowest BCUT2D eigenvalue weighted by atomic mass is 9.87. The summed E-state index contributed by atoms with van der Waals surface area (Å²) in [4.78, 5) is 36.1. The maximum Gasteiger partial charge on any atom is 0.328 e. The molecular weight excluding hydrogens is 422 g/mol. The first kappa shape index (κ1) is 25.9. The summed E-state index contributed by atoms with van der Waals surface area (Å²) < 4.78 is 4.78. The van der Waals surface area contributed by atoms with Gasteiger partial charge in [0.15, 0.2) is 5.96 Å². The molecule has 0 aliphatic heterocycles. The van der Waals surface area contributed by atoms with E-state index in [1.54, 1.807) is 6.20 Å². The Morgan fingerprint density at radius 1 is 1.21 bits per heavy atom. The third-order valence-electron chi connectivity index (χ3n) is 5.18.